The molecule has 0 bridgehead atoms. The first kappa shape index (κ1) is 15.3. The number of carbonyl (C=O) groups is 1. The molecule has 8 heteroatoms. The molecule has 1 saturated heterocycles. The van der Waals surface area contributed by atoms with Crippen molar-refractivity contribution in [3.05, 3.63) is 0 Å². The second-order valence-corrected chi connectivity index (χ2v) is 5.34. The predicted octanol–water partition coefficient (Wildman–Crippen LogP) is 0.733. The quantitative estimate of drug-likeness (QED) is 0.827. The van der Waals surface area contributed by atoms with E-state index in [1.807, 2.05) is 13.8 Å². The molecule has 2 heterocycles. The zero-order valence-corrected chi connectivity index (χ0v) is 12.9. The molecular formula is C13H22N6O2. The molecule has 1 fully saturated rings. The SMILES string of the molecule is CNc1nc(NC2CCC(=O)N(C)C2)nc(OC(C)C)n1. The van der Waals surface area contributed by atoms with Crippen molar-refractivity contribution in [3.63, 3.8) is 0 Å². The van der Waals surface area contributed by atoms with Gasteiger partial charge in [-0.25, -0.2) is 0 Å². The summed E-state index contributed by atoms with van der Waals surface area (Å²) in [5.41, 5.74) is 0. The van der Waals surface area contributed by atoms with Gasteiger partial charge < -0.3 is 20.3 Å². The molecule has 1 aromatic rings. The van der Waals surface area contributed by atoms with Crippen molar-refractivity contribution < 1.29 is 9.53 Å². The van der Waals surface area contributed by atoms with Gasteiger partial charge in [0, 0.05) is 33.1 Å². The summed E-state index contributed by atoms with van der Waals surface area (Å²) in [6.45, 7) is 4.47. The number of nitrogens with one attached hydrogen (secondary N) is 2. The first-order valence-corrected chi connectivity index (χ1v) is 7.09. The molecule has 1 aromatic heterocycles. The van der Waals surface area contributed by atoms with E-state index in [1.54, 1.807) is 19.0 Å². The van der Waals surface area contributed by atoms with Gasteiger partial charge >= 0.3 is 6.01 Å². The maximum atomic E-state index is 11.5. The molecule has 0 spiro atoms. The first-order valence-electron chi connectivity index (χ1n) is 7.09. The maximum Gasteiger partial charge on any atom is 0.323 e. The number of piperidine rings is 1. The predicted molar refractivity (Wildman–Crippen MR) is 79.4 cm³/mol. The fourth-order valence-corrected chi connectivity index (χ4v) is 2.11. The molecule has 1 amide bonds. The number of ether oxygens (including phenoxy) is 1. The minimum absolute atomic E-state index is 0.0107. The van der Waals surface area contributed by atoms with Crippen molar-refractivity contribution in [3.8, 4) is 6.01 Å². The van der Waals surface area contributed by atoms with Crippen LogP contribution in [0, 0.1) is 0 Å². The van der Waals surface area contributed by atoms with Gasteiger partial charge in [-0.1, -0.05) is 0 Å². The molecule has 0 aliphatic carbocycles. The van der Waals surface area contributed by atoms with Gasteiger partial charge in [-0.05, 0) is 20.3 Å². The van der Waals surface area contributed by atoms with Crippen molar-refractivity contribution >= 4 is 17.8 Å². The van der Waals surface area contributed by atoms with E-state index in [0.29, 0.717) is 24.9 Å². The summed E-state index contributed by atoms with van der Waals surface area (Å²) in [5.74, 6) is 1.07. The van der Waals surface area contributed by atoms with Gasteiger partial charge in [0.05, 0.1) is 6.10 Å². The van der Waals surface area contributed by atoms with Crippen LogP contribution in [0.25, 0.3) is 0 Å². The molecule has 1 unspecified atom stereocenters. The van der Waals surface area contributed by atoms with E-state index in [-0.39, 0.29) is 24.1 Å². The second-order valence-electron chi connectivity index (χ2n) is 5.34. The average Bonchev–Trinajstić information content (AvgIpc) is 2.42. The summed E-state index contributed by atoms with van der Waals surface area (Å²) < 4.78 is 5.52. The van der Waals surface area contributed by atoms with E-state index < -0.39 is 0 Å². The number of hydrogen-bond donors (Lipinski definition) is 2. The number of aromatic nitrogens is 3. The highest BCUT2D eigenvalue weighted by molar-refractivity contribution is 5.76. The number of nitrogens with zero attached hydrogens (tertiary/aromatic N) is 4. The summed E-state index contributed by atoms with van der Waals surface area (Å²) >= 11 is 0. The molecule has 0 aromatic carbocycles. The molecule has 21 heavy (non-hydrogen) atoms. The summed E-state index contributed by atoms with van der Waals surface area (Å²) in [5, 5.41) is 6.13. The standard InChI is InChI=1S/C13H22N6O2/c1-8(2)21-13-17-11(14-3)16-12(18-13)15-9-5-6-10(20)19(4)7-9/h8-9H,5-7H2,1-4H3,(H2,14,15,16,17,18). The molecule has 1 atom stereocenters. The zero-order valence-electron chi connectivity index (χ0n) is 12.9. The largest absolute Gasteiger partial charge is 0.461 e. The van der Waals surface area contributed by atoms with Gasteiger partial charge in [0.1, 0.15) is 0 Å². The summed E-state index contributed by atoms with van der Waals surface area (Å²) in [4.78, 5) is 25.9. The molecule has 1 aliphatic rings. The van der Waals surface area contributed by atoms with Crippen LogP contribution < -0.4 is 15.4 Å². The Hall–Kier alpha value is -2.12. The molecule has 0 saturated carbocycles. The Morgan fingerprint density at radius 1 is 1.29 bits per heavy atom. The van der Waals surface area contributed by atoms with Gasteiger partial charge in [0.2, 0.25) is 17.8 Å². The minimum atomic E-state index is -0.0107. The van der Waals surface area contributed by atoms with Gasteiger partial charge in [0.15, 0.2) is 0 Å². The molecule has 116 valence electrons. The Balaban J connectivity index is 2.09. The normalized spacial score (nSPS) is 18.8. The molecule has 8 nitrogen and oxygen atoms in total. The number of anilines is 2. The number of carbonyl (C=O) groups excluding carboxylic acids is 1. The third-order valence-corrected chi connectivity index (χ3v) is 3.14. The highest BCUT2D eigenvalue weighted by Gasteiger charge is 2.23. The zero-order chi connectivity index (χ0) is 15.4. The Morgan fingerprint density at radius 2 is 2.00 bits per heavy atom. The fraction of sp³-hybridized carbons (Fsp3) is 0.692. The lowest BCUT2D eigenvalue weighted by Gasteiger charge is -2.30. The van der Waals surface area contributed by atoms with E-state index in [9.17, 15) is 4.79 Å². The lowest BCUT2D eigenvalue weighted by atomic mass is 10.1. The van der Waals surface area contributed by atoms with Crippen LogP contribution in [0.4, 0.5) is 11.9 Å². The number of likely N-dealkylation sites (tertiary alicyclic amines) is 1. The average molecular weight is 294 g/mol. The van der Waals surface area contributed by atoms with E-state index in [0.717, 1.165) is 6.42 Å². The van der Waals surface area contributed by atoms with Crippen molar-refractivity contribution in [2.75, 3.05) is 31.3 Å². The minimum Gasteiger partial charge on any atom is -0.461 e. The molecular weight excluding hydrogens is 272 g/mol. The van der Waals surface area contributed by atoms with Crippen LogP contribution in [-0.2, 0) is 4.79 Å². The highest BCUT2D eigenvalue weighted by Crippen LogP contribution is 2.17. The highest BCUT2D eigenvalue weighted by atomic mass is 16.5. The Labute approximate surface area is 124 Å². The van der Waals surface area contributed by atoms with E-state index in [2.05, 4.69) is 25.6 Å². The van der Waals surface area contributed by atoms with Crippen LogP contribution in [0.3, 0.4) is 0 Å². The van der Waals surface area contributed by atoms with Gasteiger partial charge in [-0.2, -0.15) is 15.0 Å². The molecule has 1 aliphatic heterocycles. The molecule has 0 radical (unpaired) electrons. The Morgan fingerprint density at radius 3 is 2.62 bits per heavy atom. The fourth-order valence-electron chi connectivity index (χ4n) is 2.11. The lowest BCUT2D eigenvalue weighted by molar-refractivity contribution is -0.132. The topological polar surface area (TPSA) is 92.3 Å². The van der Waals surface area contributed by atoms with E-state index in [1.165, 1.54) is 0 Å². The first-order chi connectivity index (χ1) is 9.97. The van der Waals surface area contributed by atoms with Crippen molar-refractivity contribution in [2.24, 2.45) is 0 Å². The van der Waals surface area contributed by atoms with Gasteiger partial charge in [-0.3, -0.25) is 4.79 Å². The van der Waals surface area contributed by atoms with E-state index >= 15 is 0 Å². The molecule has 2 rings (SSSR count). The third kappa shape index (κ3) is 4.17. The van der Waals surface area contributed by atoms with Gasteiger partial charge in [0.25, 0.3) is 0 Å². The molecule has 2 N–H and O–H groups in total. The van der Waals surface area contributed by atoms with Crippen molar-refractivity contribution in [1.82, 2.24) is 19.9 Å². The van der Waals surface area contributed by atoms with Crippen molar-refractivity contribution in [2.45, 2.75) is 38.8 Å². The number of hydrogen-bond acceptors (Lipinski definition) is 7. The maximum absolute atomic E-state index is 11.5. The monoisotopic (exact) mass is 294 g/mol. The van der Waals surface area contributed by atoms with Gasteiger partial charge in [-0.15, -0.1) is 0 Å². The van der Waals surface area contributed by atoms with Crippen molar-refractivity contribution in [1.29, 1.82) is 0 Å². The smallest absolute Gasteiger partial charge is 0.323 e. The van der Waals surface area contributed by atoms with E-state index in [4.69, 9.17) is 4.74 Å². The summed E-state index contributed by atoms with van der Waals surface area (Å²) in [6, 6.07) is 0.416. The second kappa shape index (κ2) is 6.55. The summed E-state index contributed by atoms with van der Waals surface area (Å²) in [7, 11) is 3.54. The lowest BCUT2D eigenvalue weighted by Crippen LogP contribution is -2.43. The van der Waals surface area contributed by atoms with Crippen LogP contribution in [0.1, 0.15) is 26.7 Å². The number of rotatable bonds is 5. The van der Waals surface area contributed by atoms with Crippen LogP contribution in [0.5, 0.6) is 6.01 Å². The third-order valence-electron chi connectivity index (χ3n) is 3.14. The Bertz CT molecular complexity index is 507. The Kier molecular flexibility index (Phi) is 4.77. The van der Waals surface area contributed by atoms with Crippen LogP contribution in [0.2, 0.25) is 0 Å². The number of likely N-dealkylation sites (N-methyl/N-ethyl adjacent to an activating group) is 1. The summed E-state index contributed by atoms with van der Waals surface area (Å²) in [6.07, 6.45) is 1.29. The number of amides is 1. The van der Waals surface area contributed by atoms with Crippen LogP contribution in [0.15, 0.2) is 0 Å². The van der Waals surface area contributed by atoms with Crippen LogP contribution in [-0.4, -0.2) is 58.5 Å². The van der Waals surface area contributed by atoms with Crippen LogP contribution >= 0.6 is 0 Å².